The van der Waals surface area contributed by atoms with E-state index >= 15 is 0 Å². The van der Waals surface area contributed by atoms with Crippen molar-refractivity contribution in [3.05, 3.63) is 38.0 Å². The van der Waals surface area contributed by atoms with Gasteiger partial charge in [0.2, 0.25) is 0 Å². The van der Waals surface area contributed by atoms with E-state index in [1.54, 1.807) is 19.2 Å². The highest BCUT2D eigenvalue weighted by molar-refractivity contribution is 9.10. The van der Waals surface area contributed by atoms with Gasteiger partial charge in [-0.2, -0.15) is 0 Å². The van der Waals surface area contributed by atoms with E-state index in [4.69, 9.17) is 28.6 Å². The van der Waals surface area contributed by atoms with Crippen LogP contribution in [0.15, 0.2) is 22.7 Å². The quantitative estimate of drug-likeness (QED) is 0.689. The third kappa shape index (κ3) is 3.47. The Morgan fingerprint density at radius 1 is 1.33 bits per heavy atom. The van der Waals surface area contributed by atoms with Gasteiger partial charge in [0.25, 0.3) is 0 Å². The van der Waals surface area contributed by atoms with Crippen LogP contribution >= 0.6 is 39.7 Å². The first kappa shape index (κ1) is 16.5. The van der Waals surface area contributed by atoms with Crippen molar-refractivity contribution < 1.29 is 4.74 Å². The van der Waals surface area contributed by atoms with Gasteiger partial charge in [-0.3, -0.25) is 0 Å². The van der Waals surface area contributed by atoms with Crippen molar-refractivity contribution in [1.82, 2.24) is 9.97 Å². The molecule has 6 heteroatoms. The average Bonchev–Trinajstić information content (AvgIpc) is 2.40. The number of aromatic nitrogens is 2. The molecule has 0 saturated carbocycles. The highest BCUT2D eigenvalue weighted by Gasteiger charge is 2.21. The fraction of sp³-hybridized carbons (Fsp3) is 0.333. The van der Waals surface area contributed by atoms with Crippen LogP contribution in [-0.2, 0) is 5.41 Å². The maximum Gasteiger partial charge on any atom is 0.144 e. The van der Waals surface area contributed by atoms with Gasteiger partial charge in [-0.15, -0.1) is 0 Å². The van der Waals surface area contributed by atoms with Crippen LogP contribution in [0.1, 0.15) is 26.5 Å². The van der Waals surface area contributed by atoms with Crippen molar-refractivity contribution in [2.45, 2.75) is 26.2 Å². The van der Waals surface area contributed by atoms with Crippen molar-refractivity contribution in [3.8, 4) is 17.1 Å². The number of H-pyrrole nitrogens is 1. The molecule has 0 aliphatic carbocycles. The lowest BCUT2D eigenvalue weighted by atomic mass is 9.92. The van der Waals surface area contributed by atoms with Crippen molar-refractivity contribution in [3.63, 3.8) is 0 Å². The van der Waals surface area contributed by atoms with Crippen LogP contribution in [0, 0.1) is 4.64 Å². The van der Waals surface area contributed by atoms with E-state index < -0.39 is 0 Å². The number of ether oxygens (including phenoxy) is 1. The Labute approximate surface area is 142 Å². The maximum absolute atomic E-state index is 6.00. The molecule has 0 aliphatic rings. The zero-order valence-electron chi connectivity index (χ0n) is 12.3. The van der Waals surface area contributed by atoms with Crippen LogP contribution < -0.4 is 4.74 Å². The summed E-state index contributed by atoms with van der Waals surface area (Å²) in [4.78, 5) is 7.80. The molecule has 1 aromatic carbocycles. The molecular formula is C15H16BrClN2OS. The Kier molecular flexibility index (Phi) is 4.76. The number of hydrogen-bond acceptors (Lipinski definition) is 3. The van der Waals surface area contributed by atoms with E-state index in [2.05, 4.69) is 46.7 Å². The highest BCUT2D eigenvalue weighted by atomic mass is 79.9. The predicted molar refractivity (Wildman–Crippen MR) is 92.8 cm³/mol. The molecule has 0 saturated heterocycles. The summed E-state index contributed by atoms with van der Waals surface area (Å²) in [7, 11) is 1.60. The minimum absolute atomic E-state index is 0.0935. The molecule has 1 aromatic heterocycles. The fourth-order valence-corrected chi connectivity index (χ4v) is 3.10. The van der Waals surface area contributed by atoms with Gasteiger partial charge in [-0.05, 0) is 34.1 Å². The number of hydrogen-bond donors (Lipinski definition) is 1. The average molecular weight is 388 g/mol. The van der Waals surface area contributed by atoms with Gasteiger partial charge in [-0.1, -0.05) is 44.6 Å². The van der Waals surface area contributed by atoms with Crippen molar-refractivity contribution in [2.75, 3.05) is 7.11 Å². The number of benzene rings is 1. The molecule has 0 amide bonds. The second-order valence-corrected chi connectivity index (χ2v) is 7.29. The molecule has 2 aromatic rings. The summed E-state index contributed by atoms with van der Waals surface area (Å²) in [6.07, 6.45) is 0. The number of aromatic amines is 1. The number of halogens is 2. The van der Waals surface area contributed by atoms with Gasteiger partial charge >= 0.3 is 0 Å². The summed E-state index contributed by atoms with van der Waals surface area (Å²) >= 11 is 14.9. The molecule has 0 radical (unpaired) electrons. The minimum atomic E-state index is -0.0935. The first-order chi connectivity index (χ1) is 9.74. The van der Waals surface area contributed by atoms with Gasteiger partial charge < -0.3 is 9.72 Å². The van der Waals surface area contributed by atoms with Gasteiger partial charge in [0.05, 0.1) is 17.1 Å². The Bertz CT molecular complexity index is 737. The second-order valence-electron chi connectivity index (χ2n) is 5.67. The third-order valence-corrected chi connectivity index (χ3v) is 4.60. The summed E-state index contributed by atoms with van der Waals surface area (Å²) in [6.45, 7) is 6.34. The zero-order valence-corrected chi connectivity index (χ0v) is 15.4. The minimum Gasteiger partial charge on any atom is -0.496 e. The van der Waals surface area contributed by atoms with Crippen molar-refractivity contribution >= 4 is 39.7 Å². The fourth-order valence-electron chi connectivity index (χ4n) is 1.96. The molecule has 3 nitrogen and oxygen atoms in total. The number of methoxy groups -OCH3 is 1. The van der Waals surface area contributed by atoms with Crippen LogP contribution in [0.4, 0.5) is 0 Å². The summed E-state index contributed by atoms with van der Waals surface area (Å²) in [5.74, 6) is 1.32. The largest absolute Gasteiger partial charge is 0.496 e. The van der Waals surface area contributed by atoms with Gasteiger partial charge in [0, 0.05) is 16.1 Å². The topological polar surface area (TPSA) is 37.9 Å². The predicted octanol–water partition coefficient (Wildman–Crippen LogP) is 5.53. The zero-order chi connectivity index (χ0) is 15.8. The van der Waals surface area contributed by atoms with Crippen LogP contribution in [-0.4, -0.2) is 17.1 Å². The van der Waals surface area contributed by atoms with Crippen molar-refractivity contribution in [2.24, 2.45) is 0 Å². The SMILES string of the molecule is COc1cc(Cl)ccc1-c1nc(=S)c(Br)c(C(C)(C)C)[nH]1. The van der Waals surface area contributed by atoms with E-state index in [9.17, 15) is 0 Å². The van der Waals surface area contributed by atoms with E-state index in [1.165, 1.54) is 0 Å². The monoisotopic (exact) mass is 386 g/mol. The summed E-state index contributed by atoms with van der Waals surface area (Å²) in [6, 6.07) is 5.43. The Morgan fingerprint density at radius 2 is 2.00 bits per heavy atom. The van der Waals surface area contributed by atoms with Gasteiger partial charge in [0.1, 0.15) is 16.2 Å². The Hall–Kier alpha value is -0.910. The molecule has 0 bridgehead atoms. The lowest BCUT2D eigenvalue weighted by Crippen LogP contribution is -2.16. The maximum atomic E-state index is 6.00. The molecular weight excluding hydrogens is 372 g/mol. The molecule has 1 heterocycles. The lowest BCUT2D eigenvalue weighted by Gasteiger charge is -2.21. The first-order valence-electron chi connectivity index (χ1n) is 6.38. The Morgan fingerprint density at radius 3 is 2.57 bits per heavy atom. The smallest absolute Gasteiger partial charge is 0.144 e. The molecule has 1 N–H and O–H groups in total. The normalized spacial score (nSPS) is 11.5. The first-order valence-corrected chi connectivity index (χ1v) is 7.96. The highest BCUT2D eigenvalue weighted by Crippen LogP contribution is 2.34. The molecule has 2 rings (SSSR count). The standard InChI is InChI=1S/C15H16BrClN2OS/c1-15(2,3)12-11(16)14(21)19-13(18-12)9-6-5-8(17)7-10(9)20-4/h5-7H,1-4H3,(H,18,19,21). The second kappa shape index (κ2) is 6.07. The molecule has 112 valence electrons. The Balaban J connectivity index is 2.71. The summed E-state index contributed by atoms with van der Waals surface area (Å²) < 4.78 is 6.73. The molecule has 21 heavy (non-hydrogen) atoms. The number of rotatable bonds is 2. The van der Waals surface area contributed by atoms with Crippen LogP contribution in [0.3, 0.4) is 0 Å². The van der Waals surface area contributed by atoms with Crippen LogP contribution in [0.2, 0.25) is 5.02 Å². The molecule has 0 aliphatic heterocycles. The molecule has 0 unspecified atom stereocenters. The number of nitrogens with zero attached hydrogens (tertiary/aromatic N) is 1. The van der Waals surface area contributed by atoms with Gasteiger partial charge in [0.15, 0.2) is 0 Å². The molecule has 0 fully saturated rings. The summed E-state index contributed by atoms with van der Waals surface area (Å²) in [5, 5.41) is 0.613. The van der Waals surface area contributed by atoms with Crippen molar-refractivity contribution in [1.29, 1.82) is 0 Å². The van der Waals surface area contributed by atoms with E-state index in [0.717, 1.165) is 15.7 Å². The third-order valence-electron chi connectivity index (χ3n) is 3.03. The van der Waals surface area contributed by atoms with E-state index in [-0.39, 0.29) is 5.41 Å². The molecule has 0 atom stereocenters. The van der Waals surface area contributed by atoms with E-state index in [1.807, 2.05) is 6.07 Å². The van der Waals surface area contributed by atoms with E-state index in [0.29, 0.717) is 21.2 Å². The lowest BCUT2D eigenvalue weighted by molar-refractivity contribution is 0.416. The summed E-state index contributed by atoms with van der Waals surface area (Å²) in [5.41, 5.74) is 1.73. The van der Waals surface area contributed by atoms with Crippen LogP contribution in [0.5, 0.6) is 5.75 Å². The molecule has 0 spiro atoms. The number of nitrogens with one attached hydrogen (secondary N) is 1. The van der Waals surface area contributed by atoms with Gasteiger partial charge in [-0.25, -0.2) is 4.98 Å². The van der Waals surface area contributed by atoms with Crippen LogP contribution in [0.25, 0.3) is 11.4 Å².